The number of anilines is 3. The Morgan fingerprint density at radius 1 is 0.415 bits per heavy atom. The van der Waals surface area contributed by atoms with E-state index in [1.54, 1.807) is 0 Å². The highest BCUT2D eigenvalue weighted by Gasteiger charge is 2.37. The molecule has 41 heavy (non-hydrogen) atoms. The zero-order valence-corrected chi connectivity index (χ0v) is 24.1. The summed E-state index contributed by atoms with van der Waals surface area (Å²) < 4.78 is 0. The molecule has 0 aliphatic heterocycles. The topological polar surface area (TPSA) is 3.24 Å². The van der Waals surface area contributed by atoms with Gasteiger partial charge in [-0.15, -0.1) is 0 Å². The van der Waals surface area contributed by atoms with Crippen molar-refractivity contribution in [2.45, 2.75) is 38.5 Å². The van der Waals surface area contributed by atoms with Crippen LogP contribution >= 0.6 is 0 Å². The summed E-state index contributed by atoms with van der Waals surface area (Å²) in [6, 6.07) is 47.3. The first-order valence-electron chi connectivity index (χ1n) is 14.6. The first-order valence-corrected chi connectivity index (χ1v) is 14.6. The van der Waals surface area contributed by atoms with Crippen LogP contribution in [0.2, 0.25) is 0 Å². The van der Waals surface area contributed by atoms with Crippen molar-refractivity contribution in [3.05, 3.63) is 150 Å². The molecule has 0 N–H and O–H groups in total. The van der Waals surface area contributed by atoms with Gasteiger partial charge in [-0.1, -0.05) is 113 Å². The summed E-state index contributed by atoms with van der Waals surface area (Å²) in [6.07, 6.45) is 0. The Labute approximate surface area is 242 Å². The SMILES string of the molecule is CC1(C)c2ccccc2-c2cc(N(c3ccccc3)c3cccc4cc5c(cc34)-c3ccccc3C5(C)C)ccc21. The monoisotopic (exact) mass is 527 g/mol. The van der Waals surface area contributed by atoms with Crippen LogP contribution in [-0.2, 0) is 10.8 Å². The molecule has 0 unspecified atom stereocenters. The maximum atomic E-state index is 2.44. The van der Waals surface area contributed by atoms with Crippen LogP contribution in [0.15, 0.2) is 127 Å². The summed E-state index contributed by atoms with van der Waals surface area (Å²) in [4.78, 5) is 2.44. The summed E-state index contributed by atoms with van der Waals surface area (Å²) in [5.41, 5.74) is 14.5. The van der Waals surface area contributed by atoms with Crippen LogP contribution in [0.3, 0.4) is 0 Å². The molecule has 6 aromatic rings. The van der Waals surface area contributed by atoms with Gasteiger partial charge in [0.05, 0.1) is 5.69 Å². The Morgan fingerprint density at radius 2 is 1.00 bits per heavy atom. The highest BCUT2D eigenvalue weighted by Crippen LogP contribution is 2.53. The number of benzene rings is 6. The van der Waals surface area contributed by atoms with Crippen LogP contribution in [-0.4, -0.2) is 0 Å². The molecule has 0 radical (unpaired) electrons. The minimum absolute atomic E-state index is 0.0117. The molecule has 0 amide bonds. The fourth-order valence-electron chi connectivity index (χ4n) is 7.50. The van der Waals surface area contributed by atoms with Crippen molar-refractivity contribution in [1.29, 1.82) is 0 Å². The van der Waals surface area contributed by atoms with Gasteiger partial charge in [-0.3, -0.25) is 0 Å². The van der Waals surface area contributed by atoms with Gasteiger partial charge in [0.2, 0.25) is 0 Å². The molecule has 1 nitrogen and oxygen atoms in total. The van der Waals surface area contributed by atoms with Gasteiger partial charge >= 0.3 is 0 Å². The second-order valence-corrected chi connectivity index (χ2v) is 12.6. The summed E-state index contributed by atoms with van der Waals surface area (Å²) in [5.74, 6) is 0. The lowest BCUT2D eigenvalue weighted by Crippen LogP contribution is -2.15. The van der Waals surface area contributed by atoms with Gasteiger partial charge in [0.1, 0.15) is 0 Å². The van der Waals surface area contributed by atoms with E-state index in [9.17, 15) is 0 Å². The molecule has 2 aliphatic carbocycles. The highest BCUT2D eigenvalue weighted by molar-refractivity contribution is 6.03. The minimum Gasteiger partial charge on any atom is -0.310 e. The first-order chi connectivity index (χ1) is 19.9. The summed E-state index contributed by atoms with van der Waals surface area (Å²) >= 11 is 0. The standard InChI is InChI=1S/C40H33N/c1-39(2)34-18-10-8-16-29(34)32-24-28(21-22-36(32)39)41(27-14-6-5-7-15-27)38-20-12-13-26-23-37-33(25-31(26)38)30-17-9-11-19-35(30)40(37,3)4/h5-25H,1-4H3. The fourth-order valence-corrected chi connectivity index (χ4v) is 7.50. The van der Waals surface area contributed by atoms with Crippen LogP contribution in [0.1, 0.15) is 49.9 Å². The smallest absolute Gasteiger partial charge is 0.0540 e. The van der Waals surface area contributed by atoms with Crippen LogP contribution in [0.25, 0.3) is 33.0 Å². The molecule has 198 valence electrons. The predicted octanol–water partition coefficient (Wildman–Crippen LogP) is 10.9. The second kappa shape index (κ2) is 8.44. The van der Waals surface area contributed by atoms with Crippen LogP contribution in [0, 0.1) is 0 Å². The number of rotatable bonds is 3. The number of para-hydroxylation sites is 1. The molecule has 8 rings (SSSR count). The molecule has 0 saturated heterocycles. The molecular formula is C40H33N. The molecular weight excluding hydrogens is 494 g/mol. The molecule has 0 spiro atoms. The van der Waals surface area contributed by atoms with Crippen LogP contribution in [0.5, 0.6) is 0 Å². The van der Waals surface area contributed by atoms with Crippen molar-refractivity contribution in [1.82, 2.24) is 0 Å². The minimum atomic E-state index is -0.0184. The molecule has 6 aromatic carbocycles. The van der Waals surface area contributed by atoms with Gasteiger partial charge in [0.15, 0.2) is 0 Å². The zero-order chi connectivity index (χ0) is 27.9. The van der Waals surface area contributed by atoms with Crippen molar-refractivity contribution < 1.29 is 0 Å². The lowest BCUT2D eigenvalue weighted by Gasteiger charge is -2.28. The van der Waals surface area contributed by atoms with Crippen molar-refractivity contribution in [2.75, 3.05) is 4.90 Å². The number of fused-ring (bicyclic) bond motifs is 7. The third-order valence-electron chi connectivity index (χ3n) is 9.64. The van der Waals surface area contributed by atoms with E-state index in [0.29, 0.717) is 0 Å². The average molecular weight is 528 g/mol. The van der Waals surface area contributed by atoms with Gasteiger partial charge in [0, 0.05) is 27.6 Å². The normalized spacial score (nSPS) is 15.2. The molecule has 0 fully saturated rings. The molecule has 2 aliphatic rings. The van der Waals surface area contributed by atoms with E-state index in [-0.39, 0.29) is 10.8 Å². The molecule has 0 bridgehead atoms. The number of hydrogen-bond acceptors (Lipinski definition) is 1. The molecule has 0 aromatic heterocycles. The Balaban J connectivity index is 1.38. The largest absolute Gasteiger partial charge is 0.310 e. The maximum absolute atomic E-state index is 2.44. The van der Waals surface area contributed by atoms with Gasteiger partial charge < -0.3 is 4.90 Å². The second-order valence-electron chi connectivity index (χ2n) is 12.6. The predicted molar refractivity (Wildman–Crippen MR) is 174 cm³/mol. The molecule has 0 atom stereocenters. The van der Waals surface area contributed by atoms with E-state index in [2.05, 4.69) is 160 Å². The van der Waals surface area contributed by atoms with Crippen molar-refractivity contribution in [3.8, 4) is 22.3 Å². The van der Waals surface area contributed by atoms with Crippen molar-refractivity contribution in [3.63, 3.8) is 0 Å². The lowest BCUT2D eigenvalue weighted by molar-refractivity contribution is 0.660. The van der Waals surface area contributed by atoms with Gasteiger partial charge in [-0.25, -0.2) is 0 Å². The third kappa shape index (κ3) is 3.36. The number of hydrogen-bond donors (Lipinski definition) is 0. The molecule has 0 saturated carbocycles. The third-order valence-corrected chi connectivity index (χ3v) is 9.64. The van der Waals surface area contributed by atoms with E-state index < -0.39 is 0 Å². The zero-order valence-electron chi connectivity index (χ0n) is 24.1. The van der Waals surface area contributed by atoms with Crippen molar-refractivity contribution in [2.24, 2.45) is 0 Å². The van der Waals surface area contributed by atoms with E-state index in [4.69, 9.17) is 0 Å². The Kier molecular flexibility index (Phi) is 4.98. The van der Waals surface area contributed by atoms with Gasteiger partial charge in [-0.05, 0) is 92.4 Å². The van der Waals surface area contributed by atoms with E-state index in [0.717, 1.165) is 5.69 Å². The average Bonchev–Trinajstić information content (AvgIpc) is 3.36. The quantitative estimate of drug-likeness (QED) is 0.221. The molecule has 0 heterocycles. The maximum Gasteiger partial charge on any atom is 0.0540 e. The lowest BCUT2D eigenvalue weighted by atomic mass is 9.82. The summed E-state index contributed by atoms with van der Waals surface area (Å²) in [5, 5.41) is 2.54. The van der Waals surface area contributed by atoms with Crippen molar-refractivity contribution >= 4 is 27.8 Å². The summed E-state index contributed by atoms with van der Waals surface area (Å²) in [6.45, 7) is 9.40. The summed E-state index contributed by atoms with van der Waals surface area (Å²) in [7, 11) is 0. The number of nitrogens with zero attached hydrogens (tertiary/aromatic N) is 1. The van der Waals surface area contributed by atoms with E-state index in [1.165, 1.54) is 66.7 Å². The molecule has 1 heteroatoms. The van der Waals surface area contributed by atoms with E-state index in [1.807, 2.05) is 0 Å². The van der Waals surface area contributed by atoms with Crippen LogP contribution < -0.4 is 4.90 Å². The Bertz CT molecular complexity index is 1990. The fraction of sp³-hybridized carbons (Fsp3) is 0.150. The first kappa shape index (κ1) is 24.2. The highest BCUT2D eigenvalue weighted by atomic mass is 15.1. The Hall–Kier alpha value is -4.62. The van der Waals surface area contributed by atoms with Gasteiger partial charge in [0.25, 0.3) is 0 Å². The van der Waals surface area contributed by atoms with E-state index >= 15 is 0 Å². The van der Waals surface area contributed by atoms with Crippen LogP contribution in [0.4, 0.5) is 17.1 Å². The Morgan fingerprint density at radius 3 is 1.71 bits per heavy atom. The van der Waals surface area contributed by atoms with Gasteiger partial charge in [-0.2, -0.15) is 0 Å².